The molecule has 0 saturated carbocycles. The van der Waals surface area contributed by atoms with Crippen molar-refractivity contribution in [3.63, 3.8) is 0 Å². The second-order valence-corrected chi connectivity index (χ2v) is 4.30. The van der Waals surface area contributed by atoms with Crippen molar-refractivity contribution in [1.82, 2.24) is 15.1 Å². The van der Waals surface area contributed by atoms with Crippen LogP contribution in [0.15, 0.2) is 36.5 Å². The third-order valence-electron chi connectivity index (χ3n) is 2.51. The fourth-order valence-electron chi connectivity index (χ4n) is 1.59. The van der Waals surface area contributed by atoms with E-state index >= 15 is 0 Å². The molecule has 2 rings (SSSR count). The Hall–Kier alpha value is -2.34. The molecule has 4 N–H and O–H groups in total. The lowest BCUT2D eigenvalue weighted by atomic mass is 10.3. The minimum Gasteiger partial charge on any atom is -0.399 e. The highest BCUT2D eigenvalue weighted by Gasteiger charge is 2.10. The highest BCUT2D eigenvalue weighted by molar-refractivity contribution is 5.92. The summed E-state index contributed by atoms with van der Waals surface area (Å²) in [6.07, 6.45) is 1.10. The summed E-state index contributed by atoms with van der Waals surface area (Å²) in [7, 11) is 0. The van der Waals surface area contributed by atoms with Crippen molar-refractivity contribution < 1.29 is 9.90 Å². The van der Waals surface area contributed by atoms with Crippen LogP contribution in [0.2, 0.25) is 0 Å². The van der Waals surface area contributed by atoms with Gasteiger partial charge in [0.15, 0.2) is 5.69 Å². The number of aromatic nitrogens is 2. The van der Waals surface area contributed by atoms with Crippen molar-refractivity contribution in [2.24, 2.45) is 0 Å². The number of carbonyl (C=O) groups is 1. The van der Waals surface area contributed by atoms with Gasteiger partial charge in [-0.15, -0.1) is 0 Å². The highest BCUT2D eigenvalue weighted by atomic mass is 16.3. The van der Waals surface area contributed by atoms with Gasteiger partial charge in [-0.05, 0) is 31.2 Å². The average molecular weight is 260 g/mol. The number of nitrogen functional groups attached to an aromatic ring is 1. The normalized spacial score (nSPS) is 12.1. The number of benzene rings is 1. The molecule has 1 heterocycles. The molecule has 1 aromatic carbocycles. The molecular weight excluding hydrogens is 244 g/mol. The molecule has 0 bridgehead atoms. The molecule has 1 amide bonds. The van der Waals surface area contributed by atoms with E-state index in [4.69, 9.17) is 10.8 Å². The Morgan fingerprint density at radius 2 is 2.32 bits per heavy atom. The predicted octanol–water partition coefficient (Wildman–Crippen LogP) is 0.565. The van der Waals surface area contributed by atoms with Gasteiger partial charge in [0.05, 0.1) is 11.8 Å². The zero-order chi connectivity index (χ0) is 13.8. The molecule has 0 spiro atoms. The number of anilines is 1. The number of nitrogens with two attached hydrogens (primary N) is 1. The standard InChI is InChI=1S/C13H16N4O2/c1-9(18)8-15-13(19)12-5-6-17(16-12)11-4-2-3-10(14)7-11/h2-7,9,18H,8,14H2,1H3,(H,15,19)/t9-/m0/s1. The average Bonchev–Trinajstić information content (AvgIpc) is 2.85. The molecule has 2 aromatic rings. The van der Waals surface area contributed by atoms with Crippen molar-refractivity contribution in [3.8, 4) is 5.69 Å². The Bertz CT molecular complexity index is 578. The monoisotopic (exact) mass is 260 g/mol. The molecule has 19 heavy (non-hydrogen) atoms. The number of carbonyl (C=O) groups excluding carboxylic acids is 1. The molecule has 1 aromatic heterocycles. The third-order valence-corrected chi connectivity index (χ3v) is 2.51. The summed E-state index contributed by atoms with van der Waals surface area (Å²) in [5.41, 5.74) is 7.41. The van der Waals surface area contributed by atoms with E-state index < -0.39 is 6.10 Å². The van der Waals surface area contributed by atoms with Crippen LogP contribution in [0.5, 0.6) is 0 Å². The van der Waals surface area contributed by atoms with Gasteiger partial charge in [0.1, 0.15) is 0 Å². The van der Waals surface area contributed by atoms with Gasteiger partial charge in [-0.3, -0.25) is 4.79 Å². The number of nitrogens with one attached hydrogen (secondary N) is 1. The minimum atomic E-state index is -0.583. The maximum absolute atomic E-state index is 11.7. The first kappa shape index (κ1) is 13.1. The number of nitrogens with zero attached hydrogens (tertiary/aromatic N) is 2. The van der Waals surface area contributed by atoms with Crippen LogP contribution >= 0.6 is 0 Å². The van der Waals surface area contributed by atoms with Crippen molar-refractivity contribution in [1.29, 1.82) is 0 Å². The minimum absolute atomic E-state index is 0.198. The zero-order valence-electron chi connectivity index (χ0n) is 10.6. The van der Waals surface area contributed by atoms with E-state index in [0.29, 0.717) is 11.4 Å². The molecule has 0 aliphatic carbocycles. The van der Waals surface area contributed by atoms with Crippen LogP contribution in [0.1, 0.15) is 17.4 Å². The summed E-state index contributed by atoms with van der Waals surface area (Å²) in [4.78, 5) is 11.7. The van der Waals surface area contributed by atoms with E-state index in [1.165, 1.54) is 0 Å². The second kappa shape index (κ2) is 5.53. The topological polar surface area (TPSA) is 93.2 Å². The van der Waals surface area contributed by atoms with E-state index in [0.717, 1.165) is 5.69 Å². The first-order valence-electron chi connectivity index (χ1n) is 5.94. The Morgan fingerprint density at radius 3 is 3.00 bits per heavy atom. The van der Waals surface area contributed by atoms with Crippen molar-refractivity contribution in [2.75, 3.05) is 12.3 Å². The zero-order valence-corrected chi connectivity index (χ0v) is 10.6. The molecule has 100 valence electrons. The van der Waals surface area contributed by atoms with Gasteiger partial charge in [0.2, 0.25) is 0 Å². The van der Waals surface area contributed by atoms with Gasteiger partial charge in [0.25, 0.3) is 5.91 Å². The molecule has 0 aliphatic heterocycles. The molecule has 0 radical (unpaired) electrons. The van der Waals surface area contributed by atoms with Crippen LogP contribution in [-0.2, 0) is 0 Å². The predicted molar refractivity (Wildman–Crippen MR) is 72.0 cm³/mol. The Morgan fingerprint density at radius 1 is 1.53 bits per heavy atom. The van der Waals surface area contributed by atoms with Crippen LogP contribution in [0, 0.1) is 0 Å². The number of aliphatic hydroxyl groups is 1. The van der Waals surface area contributed by atoms with Crippen LogP contribution in [-0.4, -0.2) is 33.4 Å². The molecule has 6 heteroatoms. The highest BCUT2D eigenvalue weighted by Crippen LogP contribution is 2.11. The lowest BCUT2D eigenvalue weighted by Gasteiger charge is -2.05. The summed E-state index contributed by atoms with van der Waals surface area (Å²) >= 11 is 0. The Balaban J connectivity index is 2.13. The number of amides is 1. The quantitative estimate of drug-likeness (QED) is 0.700. The summed E-state index contributed by atoms with van der Waals surface area (Å²) in [6, 6.07) is 8.83. The van der Waals surface area contributed by atoms with Gasteiger partial charge in [-0.25, -0.2) is 4.68 Å². The first-order chi connectivity index (χ1) is 9.06. The van der Waals surface area contributed by atoms with Crippen molar-refractivity contribution in [2.45, 2.75) is 13.0 Å². The molecule has 1 atom stereocenters. The Labute approximate surface area is 110 Å². The van der Waals surface area contributed by atoms with Gasteiger partial charge in [-0.2, -0.15) is 5.10 Å². The molecule has 6 nitrogen and oxygen atoms in total. The van der Waals surface area contributed by atoms with E-state index in [-0.39, 0.29) is 12.5 Å². The molecular formula is C13H16N4O2. The summed E-state index contributed by atoms with van der Waals surface area (Å²) in [5.74, 6) is -0.316. The number of hydrogen-bond acceptors (Lipinski definition) is 4. The van der Waals surface area contributed by atoms with Gasteiger partial charge in [-0.1, -0.05) is 6.07 Å². The number of aliphatic hydroxyl groups excluding tert-OH is 1. The van der Waals surface area contributed by atoms with Gasteiger partial charge < -0.3 is 16.2 Å². The van der Waals surface area contributed by atoms with Gasteiger partial charge >= 0.3 is 0 Å². The number of rotatable bonds is 4. The van der Waals surface area contributed by atoms with Crippen LogP contribution in [0.4, 0.5) is 5.69 Å². The van der Waals surface area contributed by atoms with Crippen LogP contribution < -0.4 is 11.1 Å². The SMILES string of the molecule is C[C@H](O)CNC(=O)c1ccn(-c2cccc(N)c2)n1. The largest absolute Gasteiger partial charge is 0.399 e. The maximum Gasteiger partial charge on any atom is 0.271 e. The fraction of sp³-hybridized carbons (Fsp3) is 0.231. The smallest absolute Gasteiger partial charge is 0.271 e. The third kappa shape index (κ3) is 3.32. The summed E-state index contributed by atoms with van der Waals surface area (Å²) < 4.78 is 1.58. The first-order valence-corrected chi connectivity index (χ1v) is 5.94. The van der Waals surface area contributed by atoms with Gasteiger partial charge in [0, 0.05) is 18.4 Å². The molecule has 0 aliphatic rings. The van der Waals surface area contributed by atoms with Crippen LogP contribution in [0.3, 0.4) is 0 Å². The summed E-state index contributed by atoms with van der Waals surface area (Å²) in [5, 5.41) is 15.9. The molecule has 0 unspecified atom stereocenters. The van der Waals surface area contributed by atoms with Crippen LogP contribution in [0.25, 0.3) is 5.69 Å². The van der Waals surface area contributed by atoms with E-state index in [2.05, 4.69) is 10.4 Å². The maximum atomic E-state index is 11.7. The van der Waals surface area contributed by atoms with E-state index in [1.54, 1.807) is 36.0 Å². The number of hydrogen-bond donors (Lipinski definition) is 3. The lowest BCUT2D eigenvalue weighted by Crippen LogP contribution is -2.30. The van der Waals surface area contributed by atoms with Crippen molar-refractivity contribution >= 4 is 11.6 Å². The van der Waals surface area contributed by atoms with E-state index in [1.807, 2.05) is 12.1 Å². The fourth-order valence-corrected chi connectivity index (χ4v) is 1.59. The van der Waals surface area contributed by atoms with Crippen molar-refractivity contribution in [3.05, 3.63) is 42.2 Å². The molecule has 0 saturated heterocycles. The second-order valence-electron chi connectivity index (χ2n) is 4.30. The lowest BCUT2D eigenvalue weighted by molar-refractivity contribution is 0.0918. The molecule has 0 fully saturated rings. The van der Waals surface area contributed by atoms with E-state index in [9.17, 15) is 4.79 Å². The Kier molecular flexibility index (Phi) is 3.82. The summed E-state index contributed by atoms with van der Waals surface area (Å²) in [6.45, 7) is 1.80.